The van der Waals surface area contributed by atoms with Gasteiger partial charge < -0.3 is 9.47 Å². The number of allylic oxidation sites excluding steroid dienone is 1. The molecule has 0 amide bonds. The quantitative estimate of drug-likeness (QED) is 0.259. The summed E-state index contributed by atoms with van der Waals surface area (Å²) in [5.74, 6) is -3.29. The topological polar surface area (TPSA) is 18.5 Å². The molecule has 0 bridgehead atoms. The van der Waals surface area contributed by atoms with Crippen LogP contribution in [0.15, 0.2) is 25.3 Å². The lowest BCUT2D eigenvalue weighted by atomic mass is 9.98. The van der Waals surface area contributed by atoms with E-state index in [4.69, 9.17) is 0 Å². The van der Waals surface area contributed by atoms with Crippen molar-refractivity contribution in [3.05, 3.63) is 25.3 Å². The van der Waals surface area contributed by atoms with Gasteiger partial charge in [-0.2, -0.15) is 52.7 Å². The highest BCUT2D eigenvalue weighted by Crippen LogP contribution is 2.48. The highest BCUT2D eigenvalue weighted by Gasteiger charge is 2.71. The van der Waals surface area contributed by atoms with Crippen LogP contribution in [0, 0.1) is 5.92 Å². The molecule has 0 saturated carbocycles. The van der Waals surface area contributed by atoms with Gasteiger partial charge in [-0.25, -0.2) is 0 Å². The highest BCUT2D eigenvalue weighted by molar-refractivity contribution is 5.00. The third-order valence-electron chi connectivity index (χ3n) is 2.96. The zero-order valence-electron chi connectivity index (χ0n) is 14.1. The molecule has 0 saturated heterocycles. The van der Waals surface area contributed by atoms with E-state index in [0.29, 0.717) is 12.2 Å². The van der Waals surface area contributed by atoms with Crippen molar-refractivity contribution in [2.24, 2.45) is 5.92 Å². The van der Waals surface area contributed by atoms with E-state index in [9.17, 15) is 52.7 Å². The second-order valence-electron chi connectivity index (χ2n) is 5.03. The van der Waals surface area contributed by atoms with Crippen molar-refractivity contribution >= 4 is 0 Å². The molecule has 0 radical (unpaired) electrons. The van der Waals surface area contributed by atoms with Crippen molar-refractivity contribution in [1.82, 2.24) is 0 Å². The average molecular weight is 444 g/mol. The molecular formula is C14H16F12O2. The lowest BCUT2D eigenvalue weighted by Crippen LogP contribution is -2.58. The summed E-state index contributed by atoms with van der Waals surface area (Å²) in [5.41, 5.74) is -4.27. The Morgan fingerprint density at radius 1 is 0.750 bits per heavy atom. The molecule has 0 aliphatic carbocycles. The summed E-state index contributed by atoms with van der Waals surface area (Å²) in [7, 11) is 0.922. The maximum atomic E-state index is 12.4. The molecule has 0 aromatic rings. The fourth-order valence-corrected chi connectivity index (χ4v) is 1.60. The summed E-state index contributed by atoms with van der Waals surface area (Å²) >= 11 is 0. The summed E-state index contributed by atoms with van der Waals surface area (Å²) in [6.45, 7) is 4.57. The van der Waals surface area contributed by atoms with Crippen molar-refractivity contribution in [3.8, 4) is 0 Å². The molecule has 0 N–H and O–H groups in total. The molecule has 0 heterocycles. The molecule has 0 unspecified atom stereocenters. The molecule has 0 fully saturated rings. The molecule has 14 heteroatoms. The summed E-state index contributed by atoms with van der Waals surface area (Å²) in [6.07, 6.45) is -23.1. The molecule has 0 aliphatic rings. The number of hydrogen-bond acceptors (Lipinski definition) is 2. The SMILES string of the molecule is C=CCC(C(F)(F)F)C(F)(F)F.C=CCC(OCOC)(C(F)(F)F)C(F)(F)F. The minimum Gasteiger partial charge on any atom is -0.359 e. The number of rotatable bonds is 7. The minimum atomic E-state index is -5.60. The fourth-order valence-electron chi connectivity index (χ4n) is 1.60. The van der Waals surface area contributed by atoms with Crippen LogP contribution in [0.3, 0.4) is 0 Å². The normalized spacial score (nSPS) is 13.8. The third kappa shape index (κ3) is 8.29. The van der Waals surface area contributed by atoms with Gasteiger partial charge in [0.05, 0.1) is 0 Å². The van der Waals surface area contributed by atoms with E-state index in [1.807, 2.05) is 0 Å². The van der Waals surface area contributed by atoms with Gasteiger partial charge in [-0.15, -0.1) is 13.2 Å². The zero-order chi connectivity index (χ0) is 23.0. The van der Waals surface area contributed by atoms with Crippen LogP contribution >= 0.6 is 0 Å². The smallest absolute Gasteiger partial charge is 0.359 e. The molecule has 0 atom stereocenters. The lowest BCUT2D eigenvalue weighted by molar-refractivity contribution is -0.390. The summed E-state index contributed by atoms with van der Waals surface area (Å²) in [6, 6.07) is 0. The first-order chi connectivity index (χ1) is 12.3. The van der Waals surface area contributed by atoms with Gasteiger partial charge >= 0.3 is 24.7 Å². The van der Waals surface area contributed by atoms with Crippen LogP contribution in [0.1, 0.15) is 12.8 Å². The van der Waals surface area contributed by atoms with Crippen LogP contribution in [0.5, 0.6) is 0 Å². The van der Waals surface area contributed by atoms with Crippen LogP contribution in [0.2, 0.25) is 0 Å². The number of halogens is 12. The summed E-state index contributed by atoms with van der Waals surface area (Å²) in [4.78, 5) is 0. The Bertz CT molecular complexity index is 445. The Hall–Kier alpha value is -1.44. The number of methoxy groups -OCH3 is 1. The van der Waals surface area contributed by atoms with Crippen molar-refractivity contribution < 1.29 is 62.2 Å². The first-order valence-electron chi connectivity index (χ1n) is 6.93. The van der Waals surface area contributed by atoms with Crippen molar-refractivity contribution in [3.63, 3.8) is 0 Å². The van der Waals surface area contributed by atoms with Crippen molar-refractivity contribution in [2.45, 2.75) is 43.1 Å². The van der Waals surface area contributed by atoms with E-state index >= 15 is 0 Å². The van der Waals surface area contributed by atoms with Crippen molar-refractivity contribution in [2.75, 3.05) is 13.9 Å². The largest absolute Gasteiger partial charge is 0.426 e. The maximum absolute atomic E-state index is 12.4. The highest BCUT2D eigenvalue weighted by atomic mass is 19.4. The summed E-state index contributed by atoms with van der Waals surface area (Å²) in [5, 5.41) is 0. The Morgan fingerprint density at radius 2 is 1.14 bits per heavy atom. The Morgan fingerprint density at radius 3 is 1.32 bits per heavy atom. The molecule has 168 valence electrons. The predicted molar refractivity (Wildman–Crippen MR) is 73.0 cm³/mol. The van der Waals surface area contributed by atoms with Gasteiger partial charge in [0.25, 0.3) is 5.60 Å². The standard InChI is InChI=1S/C8H10F6O2.C6H6F6/c1-3-4-6(7(9,10)11,8(12,13)14)16-5-15-2;1-2-3-4(5(7,8)9)6(10,11)12/h3H,1,4-5H2,2H3;2,4H,1,3H2. The summed E-state index contributed by atoms with van der Waals surface area (Å²) < 4.78 is 152. The molecule has 0 rings (SSSR count). The van der Waals surface area contributed by atoms with E-state index in [-0.39, 0.29) is 0 Å². The van der Waals surface area contributed by atoms with Gasteiger partial charge in [0.15, 0.2) is 5.92 Å². The van der Waals surface area contributed by atoms with E-state index in [2.05, 4.69) is 22.6 Å². The van der Waals surface area contributed by atoms with Gasteiger partial charge in [-0.1, -0.05) is 12.2 Å². The van der Waals surface area contributed by atoms with Crippen LogP contribution < -0.4 is 0 Å². The average Bonchev–Trinajstić information content (AvgIpc) is 2.44. The number of alkyl halides is 12. The fraction of sp³-hybridized carbons (Fsp3) is 0.714. The molecule has 0 spiro atoms. The monoisotopic (exact) mass is 444 g/mol. The van der Waals surface area contributed by atoms with E-state index in [1.165, 1.54) is 0 Å². The van der Waals surface area contributed by atoms with Gasteiger partial charge in [0.2, 0.25) is 0 Å². The second-order valence-corrected chi connectivity index (χ2v) is 5.03. The lowest BCUT2D eigenvalue weighted by Gasteiger charge is -2.35. The molecule has 28 heavy (non-hydrogen) atoms. The van der Waals surface area contributed by atoms with Crippen molar-refractivity contribution in [1.29, 1.82) is 0 Å². The molecule has 0 aliphatic heterocycles. The van der Waals surface area contributed by atoms with Gasteiger partial charge in [0, 0.05) is 13.5 Å². The van der Waals surface area contributed by atoms with Crippen LogP contribution in [-0.4, -0.2) is 44.2 Å². The van der Waals surface area contributed by atoms with Crippen LogP contribution in [-0.2, 0) is 9.47 Å². The minimum absolute atomic E-state index is 0.497. The van der Waals surface area contributed by atoms with E-state index in [1.54, 1.807) is 0 Å². The second kappa shape index (κ2) is 10.4. The Kier molecular flexibility index (Phi) is 10.7. The molecule has 2 nitrogen and oxygen atoms in total. The molecular weight excluding hydrogens is 428 g/mol. The van der Waals surface area contributed by atoms with Gasteiger partial charge in [0.1, 0.15) is 6.79 Å². The van der Waals surface area contributed by atoms with Gasteiger partial charge in [-0.05, 0) is 6.42 Å². The first-order valence-corrected chi connectivity index (χ1v) is 6.93. The first kappa shape index (κ1) is 28.8. The molecule has 0 aromatic carbocycles. The predicted octanol–water partition coefficient (Wildman–Crippen LogP) is 6.35. The van der Waals surface area contributed by atoms with Gasteiger partial charge in [-0.3, -0.25) is 0 Å². The Labute approximate surface area is 151 Å². The molecule has 0 aromatic heterocycles. The van der Waals surface area contributed by atoms with Crippen LogP contribution in [0.25, 0.3) is 0 Å². The third-order valence-corrected chi connectivity index (χ3v) is 2.96. The van der Waals surface area contributed by atoms with E-state index in [0.717, 1.165) is 7.11 Å². The number of hydrogen-bond donors (Lipinski definition) is 0. The van der Waals surface area contributed by atoms with Crippen LogP contribution in [0.4, 0.5) is 52.7 Å². The van der Waals surface area contributed by atoms with E-state index < -0.39 is 55.9 Å². The Balaban J connectivity index is 0. The maximum Gasteiger partial charge on any atom is 0.426 e. The number of ether oxygens (including phenoxy) is 2. The zero-order valence-corrected chi connectivity index (χ0v) is 14.1.